The first-order valence-corrected chi connectivity index (χ1v) is 6.87. The third-order valence-electron chi connectivity index (χ3n) is 3.77. The zero-order valence-electron chi connectivity index (χ0n) is 13.1. The van der Waals surface area contributed by atoms with Crippen molar-refractivity contribution < 1.29 is 23.7 Å². The highest BCUT2D eigenvalue weighted by Gasteiger charge is 2.25. The fourth-order valence-corrected chi connectivity index (χ4v) is 2.62. The van der Waals surface area contributed by atoms with Gasteiger partial charge in [-0.25, -0.2) is 0 Å². The molecule has 1 aliphatic heterocycles. The van der Waals surface area contributed by atoms with Crippen molar-refractivity contribution in [3.8, 4) is 34.5 Å². The molecule has 0 aromatic heterocycles. The van der Waals surface area contributed by atoms with Crippen LogP contribution in [0.1, 0.15) is 11.1 Å². The molecule has 22 heavy (non-hydrogen) atoms. The van der Waals surface area contributed by atoms with E-state index in [-0.39, 0.29) is 0 Å². The van der Waals surface area contributed by atoms with Crippen molar-refractivity contribution in [2.45, 2.75) is 6.42 Å². The minimum atomic E-state index is 0.658. The fourth-order valence-electron chi connectivity index (χ4n) is 2.62. The maximum Gasteiger partial charge on any atom is 0.138 e. The molecule has 0 bridgehead atoms. The summed E-state index contributed by atoms with van der Waals surface area (Å²) in [4.78, 5) is 0. The van der Waals surface area contributed by atoms with E-state index in [2.05, 4.69) is 0 Å². The summed E-state index contributed by atoms with van der Waals surface area (Å²) in [5, 5.41) is 0. The average Bonchev–Trinajstić information content (AvgIpc) is 2.57. The first-order chi connectivity index (χ1) is 10.7. The lowest BCUT2D eigenvalue weighted by atomic mass is 9.98. The molecule has 5 nitrogen and oxygen atoms in total. The van der Waals surface area contributed by atoms with Gasteiger partial charge in [0.2, 0.25) is 0 Å². The van der Waals surface area contributed by atoms with Crippen LogP contribution in [0.25, 0.3) is 0 Å². The molecule has 2 aromatic rings. The van der Waals surface area contributed by atoms with Crippen LogP contribution >= 0.6 is 0 Å². The SMILES string of the molecule is COc1cc(OC)c2c(c1)Oc1cc(OC)cc(OC)c1C2. The Morgan fingerprint density at radius 3 is 1.50 bits per heavy atom. The largest absolute Gasteiger partial charge is 0.496 e. The summed E-state index contributed by atoms with van der Waals surface area (Å²) in [6.45, 7) is 0. The van der Waals surface area contributed by atoms with Crippen LogP contribution in [0, 0.1) is 0 Å². The van der Waals surface area contributed by atoms with Crippen molar-refractivity contribution in [2.75, 3.05) is 28.4 Å². The van der Waals surface area contributed by atoms with Crippen LogP contribution in [0.4, 0.5) is 0 Å². The smallest absolute Gasteiger partial charge is 0.138 e. The van der Waals surface area contributed by atoms with Gasteiger partial charge in [-0.1, -0.05) is 0 Å². The van der Waals surface area contributed by atoms with E-state index in [1.54, 1.807) is 28.4 Å². The van der Waals surface area contributed by atoms with Crippen molar-refractivity contribution in [1.82, 2.24) is 0 Å². The molecule has 1 heterocycles. The minimum absolute atomic E-state index is 0.658. The van der Waals surface area contributed by atoms with Gasteiger partial charge >= 0.3 is 0 Å². The molecular weight excluding hydrogens is 284 g/mol. The second kappa shape index (κ2) is 5.67. The summed E-state index contributed by atoms with van der Waals surface area (Å²) in [7, 11) is 6.50. The van der Waals surface area contributed by atoms with Crippen molar-refractivity contribution in [3.05, 3.63) is 35.4 Å². The van der Waals surface area contributed by atoms with Gasteiger partial charge < -0.3 is 23.7 Å². The highest BCUT2D eigenvalue weighted by Crippen LogP contribution is 2.47. The summed E-state index contributed by atoms with van der Waals surface area (Å²) >= 11 is 0. The predicted molar refractivity (Wildman–Crippen MR) is 82.0 cm³/mol. The van der Waals surface area contributed by atoms with E-state index >= 15 is 0 Å². The Balaban J connectivity index is 2.13. The van der Waals surface area contributed by atoms with Crippen molar-refractivity contribution in [3.63, 3.8) is 0 Å². The number of methoxy groups -OCH3 is 4. The van der Waals surface area contributed by atoms with Crippen LogP contribution in [-0.2, 0) is 6.42 Å². The lowest BCUT2D eigenvalue weighted by Crippen LogP contribution is -2.07. The Bertz CT molecular complexity index is 649. The molecule has 116 valence electrons. The summed E-state index contributed by atoms with van der Waals surface area (Å²) in [5.41, 5.74) is 1.94. The van der Waals surface area contributed by atoms with Gasteiger partial charge in [-0.2, -0.15) is 0 Å². The molecule has 0 saturated carbocycles. The second-order valence-electron chi connectivity index (χ2n) is 4.89. The summed E-state index contributed by atoms with van der Waals surface area (Å²) in [6, 6.07) is 7.41. The Hall–Kier alpha value is -2.56. The maximum atomic E-state index is 6.03. The monoisotopic (exact) mass is 302 g/mol. The number of ether oxygens (including phenoxy) is 5. The Labute approximate surface area is 129 Å². The highest BCUT2D eigenvalue weighted by atomic mass is 16.5. The van der Waals surface area contributed by atoms with E-state index in [1.165, 1.54) is 0 Å². The number of hydrogen-bond acceptors (Lipinski definition) is 5. The molecule has 0 amide bonds. The molecule has 0 unspecified atom stereocenters. The first kappa shape index (κ1) is 14.4. The van der Waals surface area contributed by atoms with Crippen molar-refractivity contribution in [1.29, 1.82) is 0 Å². The van der Waals surface area contributed by atoms with Gasteiger partial charge in [0.25, 0.3) is 0 Å². The molecular formula is C17H18O5. The van der Waals surface area contributed by atoms with E-state index in [0.717, 1.165) is 34.1 Å². The molecule has 0 aliphatic carbocycles. The lowest BCUT2D eigenvalue weighted by Gasteiger charge is -2.24. The van der Waals surface area contributed by atoms with E-state index < -0.39 is 0 Å². The second-order valence-corrected chi connectivity index (χ2v) is 4.89. The average molecular weight is 302 g/mol. The zero-order valence-corrected chi connectivity index (χ0v) is 13.1. The molecule has 0 N–H and O–H groups in total. The van der Waals surface area contributed by atoms with E-state index in [9.17, 15) is 0 Å². The van der Waals surface area contributed by atoms with Crippen LogP contribution in [0.15, 0.2) is 24.3 Å². The molecule has 0 fully saturated rings. The van der Waals surface area contributed by atoms with Gasteiger partial charge in [-0.05, 0) is 0 Å². The van der Waals surface area contributed by atoms with Crippen molar-refractivity contribution >= 4 is 0 Å². The molecule has 0 saturated heterocycles. The zero-order chi connectivity index (χ0) is 15.7. The third kappa shape index (κ3) is 2.28. The predicted octanol–water partition coefficient (Wildman–Crippen LogP) is 3.42. The topological polar surface area (TPSA) is 46.2 Å². The molecule has 2 aromatic carbocycles. The number of fused-ring (bicyclic) bond motifs is 2. The lowest BCUT2D eigenvalue weighted by molar-refractivity contribution is 0.365. The van der Waals surface area contributed by atoms with Gasteiger partial charge in [0.05, 0.1) is 28.4 Å². The molecule has 0 radical (unpaired) electrons. The van der Waals surface area contributed by atoms with E-state index in [1.807, 2.05) is 24.3 Å². The minimum Gasteiger partial charge on any atom is -0.496 e. The number of benzene rings is 2. The summed E-state index contributed by atoms with van der Waals surface area (Å²) in [6.07, 6.45) is 0.658. The Morgan fingerprint density at radius 1 is 0.682 bits per heavy atom. The molecule has 0 spiro atoms. The number of rotatable bonds is 4. The van der Waals surface area contributed by atoms with Gasteiger partial charge in [0.15, 0.2) is 0 Å². The van der Waals surface area contributed by atoms with Gasteiger partial charge in [-0.15, -0.1) is 0 Å². The van der Waals surface area contributed by atoms with Gasteiger partial charge in [0, 0.05) is 41.8 Å². The molecule has 1 aliphatic rings. The molecule has 3 rings (SSSR count). The normalized spacial score (nSPS) is 11.8. The van der Waals surface area contributed by atoms with E-state index in [4.69, 9.17) is 23.7 Å². The van der Waals surface area contributed by atoms with E-state index in [0.29, 0.717) is 17.9 Å². The number of hydrogen-bond donors (Lipinski definition) is 0. The first-order valence-electron chi connectivity index (χ1n) is 6.87. The summed E-state index contributed by atoms with van der Waals surface area (Å²) < 4.78 is 27.5. The Kier molecular flexibility index (Phi) is 3.71. The summed E-state index contributed by atoms with van der Waals surface area (Å²) in [5.74, 6) is 4.29. The standard InChI is InChI=1S/C17H18O5/c1-18-10-5-14(20-3)12-9-13-15(21-4)6-11(19-2)8-17(13)22-16(12)7-10/h5-8H,9H2,1-4H3. The van der Waals surface area contributed by atoms with Crippen LogP contribution < -0.4 is 23.7 Å². The molecule has 5 heteroatoms. The van der Waals surface area contributed by atoms with Crippen LogP contribution in [-0.4, -0.2) is 28.4 Å². The van der Waals surface area contributed by atoms with Crippen LogP contribution in [0.5, 0.6) is 34.5 Å². The molecule has 0 atom stereocenters. The van der Waals surface area contributed by atoms with Gasteiger partial charge in [-0.3, -0.25) is 0 Å². The van der Waals surface area contributed by atoms with Gasteiger partial charge in [0.1, 0.15) is 34.5 Å². The maximum absolute atomic E-state index is 6.03. The third-order valence-corrected chi connectivity index (χ3v) is 3.77. The Morgan fingerprint density at radius 2 is 1.14 bits per heavy atom. The quantitative estimate of drug-likeness (QED) is 0.739. The van der Waals surface area contributed by atoms with Crippen LogP contribution in [0.2, 0.25) is 0 Å². The van der Waals surface area contributed by atoms with Crippen molar-refractivity contribution in [2.24, 2.45) is 0 Å². The highest BCUT2D eigenvalue weighted by molar-refractivity contribution is 5.62. The fraction of sp³-hybridized carbons (Fsp3) is 0.294. The van der Waals surface area contributed by atoms with Crippen LogP contribution in [0.3, 0.4) is 0 Å².